The minimum Gasteiger partial charge on any atom is -0.466 e. The maximum Gasteiger partial charge on any atom is 0.305 e. The maximum atomic E-state index is 12.3. The van der Waals surface area contributed by atoms with E-state index in [-0.39, 0.29) is 5.97 Å². The van der Waals surface area contributed by atoms with Crippen molar-refractivity contribution in [3.63, 3.8) is 0 Å². The first kappa shape index (κ1) is 59.7. The van der Waals surface area contributed by atoms with E-state index in [1.54, 1.807) is 0 Å². The zero-order valence-electron chi connectivity index (χ0n) is 40.1. The van der Waals surface area contributed by atoms with Crippen LogP contribution in [-0.2, 0) is 14.3 Å². The van der Waals surface area contributed by atoms with Crippen molar-refractivity contribution in [3.8, 4) is 0 Å². The summed E-state index contributed by atoms with van der Waals surface area (Å²) in [6.07, 6.45) is 41.3. The lowest BCUT2D eigenvalue weighted by Gasteiger charge is -2.22. The van der Waals surface area contributed by atoms with Gasteiger partial charge < -0.3 is 19.5 Å². The van der Waals surface area contributed by atoms with Crippen molar-refractivity contribution in [2.45, 2.75) is 267 Å². The third kappa shape index (κ3) is 49.5. The Morgan fingerprint density at radius 2 is 0.857 bits per heavy atom. The number of rotatable bonds is 43. The first-order valence-electron chi connectivity index (χ1n) is 25.6. The van der Waals surface area contributed by atoms with E-state index >= 15 is 0 Å². The van der Waals surface area contributed by atoms with Crippen LogP contribution in [0.5, 0.6) is 0 Å². The Hall–Kier alpha value is -0.650. The fraction of sp³-hybridized carbons (Fsp3) is 0.980. The molecule has 0 aromatic carbocycles. The van der Waals surface area contributed by atoms with Crippen molar-refractivity contribution in [2.75, 3.05) is 46.1 Å². The van der Waals surface area contributed by atoms with Gasteiger partial charge in [0.1, 0.15) is 0 Å². The Labute approximate surface area is 354 Å². The molecule has 0 saturated carbocycles. The molecule has 0 aromatic rings. The van der Waals surface area contributed by atoms with Gasteiger partial charge in [-0.25, -0.2) is 0 Å². The van der Waals surface area contributed by atoms with Crippen LogP contribution in [0.2, 0.25) is 0 Å². The third-order valence-corrected chi connectivity index (χ3v) is 11.2. The number of hydrogen-bond donors (Lipinski definition) is 1. The predicted octanol–water partition coefficient (Wildman–Crippen LogP) is 16.1. The van der Waals surface area contributed by atoms with Crippen LogP contribution in [-0.4, -0.2) is 62.0 Å². The molecule has 2 unspecified atom stereocenters. The Balaban J connectivity index is -0.00000533. The van der Waals surface area contributed by atoms with E-state index < -0.39 is 0 Å². The Morgan fingerprint density at radius 1 is 0.464 bits per heavy atom. The van der Waals surface area contributed by atoms with Crippen molar-refractivity contribution in [1.82, 2.24) is 4.90 Å². The Morgan fingerprint density at radius 3 is 1.38 bits per heavy atom. The van der Waals surface area contributed by atoms with E-state index in [4.69, 9.17) is 9.47 Å². The molecule has 56 heavy (non-hydrogen) atoms. The standard InChI is InChI=1S/C46H93NO4.C3H8.C2H6/c1-5-9-12-14-22-31-44(8-4)35-36-46(49)51-43-29-19-17-25-38-47(39-26-20-27-40-48)37-24-16-18-28-41-50-42-30-34-45(32-21-11-7-3)33-23-15-13-10-6-2;1-3-2;1-2/h44-45,48H,5-43H2,1-4H3;3H2,1-2H3;1-2H3. The number of unbranched alkanes of at least 4 members (excludes halogenated alkanes) is 18. The van der Waals surface area contributed by atoms with Crippen LogP contribution in [0.4, 0.5) is 0 Å². The smallest absolute Gasteiger partial charge is 0.305 e. The number of carbonyl (C=O) groups excluding carboxylic acids is 1. The van der Waals surface area contributed by atoms with Gasteiger partial charge >= 0.3 is 5.97 Å². The van der Waals surface area contributed by atoms with Gasteiger partial charge in [0.15, 0.2) is 0 Å². The number of ether oxygens (including phenoxy) is 2. The number of aliphatic hydroxyl groups is 1. The van der Waals surface area contributed by atoms with E-state index in [9.17, 15) is 9.90 Å². The van der Waals surface area contributed by atoms with Gasteiger partial charge in [-0.05, 0) is 95.7 Å². The van der Waals surface area contributed by atoms with Crippen molar-refractivity contribution < 1.29 is 19.4 Å². The Bertz CT molecular complexity index is 689. The topological polar surface area (TPSA) is 59.0 Å². The summed E-state index contributed by atoms with van der Waals surface area (Å²) in [6.45, 7) is 23.7. The molecule has 0 radical (unpaired) electrons. The highest BCUT2D eigenvalue weighted by molar-refractivity contribution is 5.69. The van der Waals surface area contributed by atoms with E-state index in [0.29, 0.717) is 25.6 Å². The van der Waals surface area contributed by atoms with Gasteiger partial charge in [0.25, 0.3) is 0 Å². The summed E-state index contributed by atoms with van der Waals surface area (Å²) in [5.74, 6) is 1.60. The summed E-state index contributed by atoms with van der Waals surface area (Å²) in [7, 11) is 0. The van der Waals surface area contributed by atoms with Crippen LogP contribution in [0, 0.1) is 11.8 Å². The van der Waals surface area contributed by atoms with Crippen LogP contribution in [0.3, 0.4) is 0 Å². The van der Waals surface area contributed by atoms with Gasteiger partial charge in [-0.3, -0.25) is 4.79 Å². The molecule has 5 nitrogen and oxygen atoms in total. The molecular formula is C51H107NO4. The molecule has 0 bridgehead atoms. The largest absolute Gasteiger partial charge is 0.466 e. The molecular weight excluding hydrogens is 691 g/mol. The van der Waals surface area contributed by atoms with Crippen LogP contribution >= 0.6 is 0 Å². The van der Waals surface area contributed by atoms with Gasteiger partial charge in [-0.15, -0.1) is 0 Å². The lowest BCUT2D eigenvalue weighted by Crippen LogP contribution is -2.27. The van der Waals surface area contributed by atoms with Gasteiger partial charge in [-0.1, -0.05) is 197 Å². The van der Waals surface area contributed by atoms with Gasteiger partial charge in [0.2, 0.25) is 0 Å². The summed E-state index contributed by atoms with van der Waals surface area (Å²) in [6, 6.07) is 0. The number of aliphatic hydroxyl groups excluding tert-OH is 1. The molecule has 0 aromatic heterocycles. The third-order valence-electron chi connectivity index (χ3n) is 11.2. The highest BCUT2D eigenvalue weighted by Gasteiger charge is 2.11. The molecule has 0 spiro atoms. The normalized spacial score (nSPS) is 12.2. The van der Waals surface area contributed by atoms with Gasteiger partial charge in [-0.2, -0.15) is 0 Å². The first-order valence-corrected chi connectivity index (χ1v) is 25.6. The summed E-state index contributed by atoms with van der Waals surface area (Å²) < 4.78 is 11.6. The van der Waals surface area contributed by atoms with Crippen molar-refractivity contribution in [2.24, 2.45) is 11.8 Å². The maximum absolute atomic E-state index is 12.3. The quantitative estimate of drug-likeness (QED) is 0.0492. The van der Waals surface area contributed by atoms with Crippen LogP contribution in [0.15, 0.2) is 0 Å². The molecule has 2 atom stereocenters. The number of hydrogen-bond acceptors (Lipinski definition) is 5. The molecule has 0 aliphatic rings. The van der Waals surface area contributed by atoms with E-state index in [0.717, 1.165) is 64.3 Å². The fourth-order valence-corrected chi connectivity index (χ4v) is 7.54. The molecule has 0 rings (SSSR count). The molecule has 0 aliphatic carbocycles. The van der Waals surface area contributed by atoms with E-state index in [1.165, 1.54) is 180 Å². The predicted molar refractivity (Wildman–Crippen MR) is 250 cm³/mol. The second kappa shape index (κ2) is 54.3. The zero-order valence-corrected chi connectivity index (χ0v) is 40.1. The van der Waals surface area contributed by atoms with Crippen LogP contribution in [0.1, 0.15) is 267 Å². The molecule has 0 saturated heterocycles. The molecule has 1 N–H and O–H groups in total. The van der Waals surface area contributed by atoms with Crippen LogP contribution < -0.4 is 0 Å². The number of esters is 1. The first-order chi connectivity index (χ1) is 27.5. The highest BCUT2D eigenvalue weighted by Crippen LogP contribution is 2.23. The zero-order chi connectivity index (χ0) is 42.0. The average molecular weight is 798 g/mol. The van der Waals surface area contributed by atoms with Crippen molar-refractivity contribution >= 4 is 5.97 Å². The summed E-state index contributed by atoms with van der Waals surface area (Å²) in [5, 5.41) is 9.19. The van der Waals surface area contributed by atoms with E-state index in [1.807, 2.05) is 13.8 Å². The van der Waals surface area contributed by atoms with Gasteiger partial charge in [0.05, 0.1) is 6.61 Å². The summed E-state index contributed by atoms with van der Waals surface area (Å²) in [5.41, 5.74) is 0. The number of carbonyl (C=O) groups is 1. The molecule has 5 heteroatoms. The van der Waals surface area contributed by atoms with E-state index in [2.05, 4.69) is 46.4 Å². The van der Waals surface area contributed by atoms with Crippen molar-refractivity contribution in [1.29, 1.82) is 0 Å². The van der Waals surface area contributed by atoms with Crippen LogP contribution in [0.25, 0.3) is 0 Å². The summed E-state index contributed by atoms with van der Waals surface area (Å²) in [4.78, 5) is 14.9. The molecule has 0 aliphatic heterocycles. The summed E-state index contributed by atoms with van der Waals surface area (Å²) >= 11 is 0. The minimum atomic E-state index is 0.00478. The molecule has 0 fully saturated rings. The average Bonchev–Trinajstić information content (AvgIpc) is 3.21. The van der Waals surface area contributed by atoms with Gasteiger partial charge in [0, 0.05) is 26.2 Å². The number of nitrogens with zero attached hydrogens (tertiary/aromatic N) is 1. The molecule has 0 amide bonds. The lowest BCUT2D eigenvalue weighted by molar-refractivity contribution is -0.144. The minimum absolute atomic E-state index is 0.00478. The second-order valence-electron chi connectivity index (χ2n) is 16.7. The monoisotopic (exact) mass is 798 g/mol. The lowest BCUT2D eigenvalue weighted by atomic mass is 9.91. The Kier molecular flexibility index (Phi) is 57.9. The molecule has 0 heterocycles. The SMILES string of the molecule is CC.CCC.CCCCCCCC(CC)CCC(=O)OCCCCCCN(CCCCCO)CCCCCCOCCCC(CCCCC)CCCCCCC. The highest BCUT2D eigenvalue weighted by atomic mass is 16.5. The van der Waals surface area contributed by atoms with Crippen molar-refractivity contribution in [3.05, 3.63) is 0 Å². The fourth-order valence-electron chi connectivity index (χ4n) is 7.54. The second-order valence-corrected chi connectivity index (χ2v) is 16.7. The molecule has 340 valence electrons.